The third kappa shape index (κ3) is 3.21. The fraction of sp³-hybridized carbons (Fsp3) is 0.533. The predicted molar refractivity (Wildman–Crippen MR) is 79.4 cm³/mol. The molecule has 0 aliphatic heterocycles. The molecule has 1 aromatic rings. The van der Waals surface area contributed by atoms with Crippen LogP contribution in [0.25, 0.3) is 0 Å². The number of nitrogens with zero attached hydrogens (tertiary/aromatic N) is 1. The fourth-order valence-electron chi connectivity index (χ4n) is 2.70. The van der Waals surface area contributed by atoms with Gasteiger partial charge in [0.15, 0.2) is 0 Å². The lowest BCUT2D eigenvalue weighted by atomic mass is 9.86. The molecule has 0 unspecified atom stereocenters. The number of halogens is 1. The summed E-state index contributed by atoms with van der Waals surface area (Å²) in [7, 11) is 1.86. The Morgan fingerprint density at radius 3 is 2.58 bits per heavy atom. The normalized spacial score (nSPS) is 23.1. The smallest absolute Gasteiger partial charge is 0.255 e. The molecule has 1 aliphatic rings. The molecule has 2 rings (SSSR count). The molecule has 0 spiro atoms. The number of benzene rings is 1. The molecule has 1 saturated carbocycles. The van der Waals surface area contributed by atoms with Gasteiger partial charge in [-0.1, -0.05) is 18.5 Å². The van der Waals surface area contributed by atoms with E-state index in [1.165, 1.54) is 12.8 Å². The van der Waals surface area contributed by atoms with E-state index >= 15 is 0 Å². The van der Waals surface area contributed by atoms with Gasteiger partial charge in [-0.15, -0.1) is 0 Å². The van der Waals surface area contributed by atoms with Crippen LogP contribution in [-0.4, -0.2) is 23.9 Å². The Labute approximate surface area is 119 Å². The van der Waals surface area contributed by atoms with Gasteiger partial charge in [-0.25, -0.2) is 0 Å². The number of nitrogen functional groups attached to an aromatic ring is 1. The van der Waals surface area contributed by atoms with Gasteiger partial charge in [-0.3, -0.25) is 4.79 Å². The van der Waals surface area contributed by atoms with Crippen LogP contribution in [0.4, 0.5) is 5.69 Å². The van der Waals surface area contributed by atoms with Crippen LogP contribution in [0.5, 0.6) is 0 Å². The molecule has 1 amide bonds. The zero-order chi connectivity index (χ0) is 14.0. The second-order valence-electron chi connectivity index (χ2n) is 5.56. The van der Waals surface area contributed by atoms with Crippen molar-refractivity contribution in [2.75, 3.05) is 12.8 Å². The van der Waals surface area contributed by atoms with Crippen LogP contribution in [0.1, 0.15) is 43.0 Å². The Bertz CT molecular complexity index is 467. The lowest BCUT2D eigenvalue weighted by Crippen LogP contribution is -2.39. The molecule has 0 saturated heterocycles. The largest absolute Gasteiger partial charge is 0.398 e. The highest BCUT2D eigenvalue weighted by atomic mass is 35.5. The van der Waals surface area contributed by atoms with Gasteiger partial charge in [-0.2, -0.15) is 0 Å². The Balaban J connectivity index is 2.12. The van der Waals surface area contributed by atoms with E-state index in [2.05, 4.69) is 6.92 Å². The van der Waals surface area contributed by atoms with E-state index in [-0.39, 0.29) is 5.91 Å². The van der Waals surface area contributed by atoms with Crippen LogP contribution in [0.2, 0.25) is 5.02 Å². The van der Waals surface area contributed by atoms with Crippen molar-refractivity contribution in [2.45, 2.75) is 38.6 Å². The summed E-state index contributed by atoms with van der Waals surface area (Å²) in [4.78, 5) is 14.3. The number of hydrogen-bond donors (Lipinski definition) is 1. The van der Waals surface area contributed by atoms with Crippen molar-refractivity contribution < 1.29 is 4.79 Å². The zero-order valence-corrected chi connectivity index (χ0v) is 12.3. The Hall–Kier alpha value is -1.22. The van der Waals surface area contributed by atoms with Gasteiger partial charge in [0.05, 0.1) is 5.56 Å². The molecule has 0 heterocycles. The SMILES string of the molecule is CC1CCC(N(C)C(=O)c2cc(Cl)ccc2N)CC1. The van der Waals surface area contributed by atoms with Crippen LogP contribution in [0.3, 0.4) is 0 Å². The van der Waals surface area contributed by atoms with Crippen LogP contribution >= 0.6 is 11.6 Å². The zero-order valence-electron chi connectivity index (χ0n) is 11.5. The minimum atomic E-state index is -0.0282. The molecule has 104 valence electrons. The number of hydrogen-bond acceptors (Lipinski definition) is 2. The Morgan fingerprint density at radius 2 is 1.95 bits per heavy atom. The summed E-state index contributed by atoms with van der Waals surface area (Å²) in [5, 5.41) is 0.545. The van der Waals surface area contributed by atoms with Crippen molar-refractivity contribution in [1.29, 1.82) is 0 Å². The number of rotatable bonds is 2. The van der Waals surface area contributed by atoms with Crippen molar-refractivity contribution in [1.82, 2.24) is 4.90 Å². The molecule has 0 radical (unpaired) electrons. The second kappa shape index (κ2) is 5.83. The summed E-state index contributed by atoms with van der Waals surface area (Å²) < 4.78 is 0. The maximum absolute atomic E-state index is 12.5. The van der Waals surface area contributed by atoms with Gasteiger partial charge in [0.2, 0.25) is 0 Å². The van der Waals surface area contributed by atoms with Crippen LogP contribution < -0.4 is 5.73 Å². The summed E-state index contributed by atoms with van der Waals surface area (Å²) in [6, 6.07) is 5.37. The van der Waals surface area contributed by atoms with E-state index in [0.717, 1.165) is 18.8 Å². The average molecular weight is 281 g/mol. The van der Waals surface area contributed by atoms with Crippen molar-refractivity contribution in [2.24, 2.45) is 5.92 Å². The fourth-order valence-corrected chi connectivity index (χ4v) is 2.87. The number of amides is 1. The molecular formula is C15H21ClN2O. The first-order chi connectivity index (χ1) is 8.99. The predicted octanol–water partition coefficient (Wildman–Crippen LogP) is 3.57. The number of nitrogens with two attached hydrogens (primary N) is 1. The second-order valence-corrected chi connectivity index (χ2v) is 6.00. The first kappa shape index (κ1) is 14.2. The van der Waals surface area contributed by atoms with E-state index in [9.17, 15) is 4.79 Å². The number of anilines is 1. The van der Waals surface area contributed by atoms with Gasteiger partial charge in [0, 0.05) is 23.8 Å². The summed E-state index contributed by atoms with van der Waals surface area (Å²) in [6.45, 7) is 2.27. The highest BCUT2D eigenvalue weighted by molar-refractivity contribution is 6.31. The quantitative estimate of drug-likeness (QED) is 0.842. The lowest BCUT2D eigenvalue weighted by Gasteiger charge is -2.33. The molecule has 3 nitrogen and oxygen atoms in total. The van der Waals surface area contributed by atoms with Crippen LogP contribution in [0.15, 0.2) is 18.2 Å². The van der Waals surface area contributed by atoms with Gasteiger partial charge < -0.3 is 10.6 Å². The molecule has 0 bridgehead atoms. The van der Waals surface area contributed by atoms with Crippen molar-refractivity contribution >= 4 is 23.2 Å². The third-order valence-corrected chi connectivity index (χ3v) is 4.33. The molecule has 1 aromatic carbocycles. The van der Waals surface area contributed by atoms with Crippen LogP contribution in [-0.2, 0) is 0 Å². The van der Waals surface area contributed by atoms with Crippen molar-refractivity contribution in [3.8, 4) is 0 Å². The van der Waals surface area contributed by atoms with Gasteiger partial charge in [-0.05, 0) is 49.8 Å². The molecule has 4 heteroatoms. The Morgan fingerprint density at radius 1 is 1.32 bits per heavy atom. The van der Waals surface area contributed by atoms with E-state index in [0.29, 0.717) is 22.3 Å². The molecule has 0 aromatic heterocycles. The van der Waals surface area contributed by atoms with E-state index in [1.54, 1.807) is 18.2 Å². The van der Waals surface area contributed by atoms with E-state index in [1.807, 2.05) is 11.9 Å². The molecule has 0 atom stereocenters. The summed E-state index contributed by atoms with van der Waals surface area (Å²) >= 11 is 5.94. The van der Waals surface area contributed by atoms with Crippen molar-refractivity contribution in [3.63, 3.8) is 0 Å². The summed E-state index contributed by atoms with van der Waals surface area (Å²) in [5.41, 5.74) is 6.87. The number of carbonyl (C=O) groups excluding carboxylic acids is 1. The van der Waals surface area contributed by atoms with Gasteiger partial charge >= 0.3 is 0 Å². The van der Waals surface area contributed by atoms with Crippen LogP contribution in [0, 0.1) is 5.92 Å². The van der Waals surface area contributed by atoms with Gasteiger partial charge in [0.25, 0.3) is 5.91 Å². The summed E-state index contributed by atoms with van der Waals surface area (Å²) in [6.07, 6.45) is 4.52. The van der Waals surface area contributed by atoms with Crippen molar-refractivity contribution in [3.05, 3.63) is 28.8 Å². The summed E-state index contributed by atoms with van der Waals surface area (Å²) in [5.74, 6) is 0.746. The lowest BCUT2D eigenvalue weighted by molar-refractivity contribution is 0.0680. The third-order valence-electron chi connectivity index (χ3n) is 4.10. The molecule has 1 aliphatic carbocycles. The number of carbonyl (C=O) groups is 1. The first-order valence-electron chi connectivity index (χ1n) is 6.81. The Kier molecular flexibility index (Phi) is 4.35. The highest BCUT2D eigenvalue weighted by Gasteiger charge is 2.26. The van der Waals surface area contributed by atoms with E-state index < -0.39 is 0 Å². The standard InChI is InChI=1S/C15H21ClN2O/c1-10-3-6-12(7-4-10)18(2)15(19)13-9-11(16)5-8-14(13)17/h5,8-10,12H,3-4,6-7,17H2,1-2H3. The maximum Gasteiger partial charge on any atom is 0.255 e. The topological polar surface area (TPSA) is 46.3 Å². The molecular weight excluding hydrogens is 260 g/mol. The van der Waals surface area contributed by atoms with Gasteiger partial charge in [0.1, 0.15) is 0 Å². The molecule has 1 fully saturated rings. The molecule has 19 heavy (non-hydrogen) atoms. The monoisotopic (exact) mass is 280 g/mol. The minimum Gasteiger partial charge on any atom is -0.398 e. The maximum atomic E-state index is 12.5. The average Bonchev–Trinajstić information content (AvgIpc) is 2.41. The highest BCUT2D eigenvalue weighted by Crippen LogP contribution is 2.28. The van der Waals surface area contributed by atoms with E-state index in [4.69, 9.17) is 17.3 Å². The molecule has 2 N–H and O–H groups in total. The minimum absolute atomic E-state index is 0.0282. The first-order valence-corrected chi connectivity index (χ1v) is 7.19.